The van der Waals surface area contributed by atoms with E-state index in [1.54, 1.807) is 23.1 Å². The number of rotatable bonds is 4. The van der Waals surface area contributed by atoms with Crippen molar-refractivity contribution >= 4 is 55.2 Å². The molecule has 0 unspecified atom stereocenters. The van der Waals surface area contributed by atoms with Crippen molar-refractivity contribution in [3.05, 3.63) is 39.7 Å². The smallest absolute Gasteiger partial charge is 0.224 e. The first-order valence-electron chi connectivity index (χ1n) is 6.61. The zero-order chi connectivity index (χ0) is 14.8. The third-order valence-electron chi connectivity index (χ3n) is 3.01. The van der Waals surface area contributed by atoms with Crippen molar-refractivity contribution in [3.63, 3.8) is 0 Å². The molecule has 6 heteroatoms. The van der Waals surface area contributed by atoms with Gasteiger partial charge >= 0.3 is 0 Å². The Bertz CT molecular complexity index is 768. The lowest BCUT2D eigenvalue weighted by atomic mass is 10.3. The fourth-order valence-corrected chi connectivity index (χ4v) is 4.11. The van der Waals surface area contributed by atoms with E-state index in [0.29, 0.717) is 5.95 Å². The molecule has 0 aliphatic rings. The molecule has 0 aliphatic carbocycles. The predicted octanol–water partition coefficient (Wildman–Crippen LogP) is 5.21. The van der Waals surface area contributed by atoms with Gasteiger partial charge in [0, 0.05) is 26.7 Å². The topological polar surface area (TPSA) is 37.8 Å². The van der Waals surface area contributed by atoms with Crippen molar-refractivity contribution in [3.8, 4) is 0 Å². The molecule has 0 fully saturated rings. The van der Waals surface area contributed by atoms with Crippen molar-refractivity contribution in [2.45, 2.75) is 23.3 Å². The lowest BCUT2D eigenvalue weighted by Gasteiger charge is -2.05. The largest absolute Gasteiger partial charge is 0.357 e. The number of nitrogens with zero attached hydrogens (tertiary/aromatic N) is 2. The van der Waals surface area contributed by atoms with Crippen LogP contribution in [0.5, 0.6) is 0 Å². The van der Waals surface area contributed by atoms with Gasteiger partial charge in [0.1, 0.15) is 9.86 Å². The van der Waals surface area contributed by atoms with Gasteiger partial charge in [0.25, 0.3) is 0 Å². The number of aromatic nitrogens is 2. The Kier molecular flexibility index (Phi) is 4.47. The van der Waals surface area contributed by atoms with Crippen LogP contribution in [0.25, 0.3) is 10.2 Å². The Morgan fingerprint density at radius 3 is 2.67 bits per heavy atom. The van der Waals surface area contributed by atoms with Crippen LogP contribution in [0, 0.1) is 0 Å². The molecule has 0 aliphatic heterocycles. The summed E-state index contributed by atoms with van der Waals surface area (Å²) in [6.45, 7) is 2.17. The highest BCUT2D eigenvalue weighted by Crippen LogP contribution is 2.36. The van der Waals surface area contributed by atoms with Crippen molar-refractivity contribution in [1.29, 1.82) is 0 Å². The molecular formula is C15H14BrN3S2. The van der Waals surface area contributed by atoms with Gasteiger partial charge in [-0.25, -0.2) is 9.97 Å². The average Bonchev–Trinajstić information content (AvgIpc) is 2.92. The highest BCUT2D eigenvalue weighted by atomic mass is 79.9. The van der Waals surface area contributed by atoms with Gasteiger partial charge in [-0.2, -0.15) is 0 Å². The third-order valence-corrected chi connectivity index (χ3v) is 5.72. The number of halogens is 1. The molecule has 0 radical (unpaired) electrons. The normalized spacial score (nSPS) is 11.0. The van der Waals surface area contributed by atoms with E-state index in [0.717, 1.165) is 26.1 Å². The van der Waals surface area contributed by atoms with E-state index >= 15 is 0 Å². The molecule has 3 nitrogen and oxygen atoms in total. The van der Waals surface area contributed by atoms with Crippen molar-refractivity contribution in [1.82, 2.24) is 9.97 Å². The minimum absolute atomic E-state index is 0.673. The van der Waals surface area contributed by atoms with Crippen LogP contribution in [0.4, 0.5) is 5.95 Å². The van der Waals surface area contributed by atoms with Crippen molar-refractivity contribution in [2.75, 3.05) is 12.4 Å². The highest BCUT2D eigenvalue weighted by Gasteiger charge is 2.12. The van der Waals surface area contributed by atoms with E-state index in [-0.39, 0.29) is 0 Å². The maximum absolute atomic E-state index is 4.62. The first-order valence-corrected chi connectivity index (χ1v) is 9.04. The first-order chi connectivity index (χ1) is 10.2. The van der Waals surface area contributed by atoms with Gasteiger partial charge in [-0.3, -0.25) is 0 Å². The molecule has 2 heterocycles. The van der Waals surface area contributed by atoms with E-state index in [2.05, 4.69) is 56.3 Å². The zero-order valence-corrected chi connectivity index (χ0v) is 14.9. The average molecular weight is 380 g/mol. The molecule has 1 aromatic carbocycles. The number of fused-ring (bicyclic) bond motifs is 1. The van der Waals surface area contributed by atoms with Crippen LogP contribution in [-0.4, -0.2) is 17.0 Å². The van der Waals surface area contributed by atoms with Crippen LogP contribution in [0.15, 0.2) is 44.7 Å². The monoisotopic (exact) mass is 379 g/mol. The van der Waals surface area contributed by atoms with Crippen LogP contribution in [-0.2, 0) is 6.42 Å². The lowest BCUT2D eigenvalue weighted by molar-refractivity contribution is 1.10. The molecule has 0 saturated carbocycles. The van der Waals surface area contributed by atoms with Gasteiger partial charge in [0.2, 0.25) is 5.95 Å². The molecular weight excluding hydrogens is 366 g/mol. The van der Waals surface area contributed by atoms with Gasteiger partial charge in [-0.15, -0.1) is 11.3 Å². The molecule has 1 N–H and O–H groups in total. The van der Waals surface area contributed by atoms with Crippen molar-refractivity contribution < 1.29 is 0 Å². The fourth-order valence-electron chi connectivity index (χ4n) is 1.92. The minimum Gasteiger partial charge on any atom is -0.357 e. The summed E-state index contributed by atoms with van der Waals surface area (Å²) < 4.78 is 1.08. The summed E-state index contributed by atoms with van der Waals surface area (Å²) in [4.78, 5) is 12.7. The summed E-state index contributed by atoms with van der Waals surface area (Å²) in [5, 5.41) is 5.19. The van der Waals surface area contributed by atoms with Gasteiger partial charge < -0.3 is 5.32 Å². The minimum atomic E-state index is 0.673. The summed E-state index contributed by atoms with van der Waals surface area (Å²) >= 11 is 6.88. The van der Waals surface area contributed by atoms with Crippen LogP contribution >= 0.6 is 39.0 Å². The quantitative estimate of drug-likeness (QED) is 0.631. The lowest BCUT2D eigenvalue weighted by Crippen LogP contribution is -1.96. The highest BCUT2D eigenvalue weighted by molar-refractivity contribution is 9.10. The molecule has 3 rings (SSSR count). The number of hydrogen-bond acceptors (Lipinski definition) is 5. The molecule has 0 amide bonds. The summed E-state index contributed by atoms with van der Waals surface area (Å²) in [7, 11) is 1.85. The summed E-state index contributed by atoms with van der Waals surface area (Å²) in [6.07, 6.45) is 1.03. The fraction of sp³-hybridized carbons (Fsp3) is 0.200. The Balaban J connectivity index is 2.06. The number of aryl methyl sites for hydroxylation is 1. The molecule has 21 heavy (non-hydrogen) atoms. The molecule has 3 aromatic rings. The third kappa shape index (κ3) is 3.22. The number of benzene rings is 1. The van der Waals surface area contributed by atoms with E-state index < -0.39 is 0 Å². The number of anilines is 1. The van der Waals surface area contributed by atoms with Crippen LogP contribution in [0.3, 0.4) is 0 Å². The molecule has 0 atom stereocenters. The summed E-state index contributed by atoms with van der Waals surface area (Å²) in [5.74, 6) is 0.673. The van der Waals surface area contributed by atoms with E-state index in [1.807, 2.05) is 19.2 Å². The van der Waals surface area contributed by atoms with Crippen LogP contribution in [0.2, 0.25) is 0 Å². The molecule has 0 bridgehead atoms. The molecule has 0 spiro atoms. The number of hydrogen-bond donors (Lipinski definition) is 1. The maximum atomic E-state index is 4.62. The predicted molar refractivity (Wildman–Crippen MR) is 94.6 cm³/mol. The van der Waals surface area contributed by atoms with Gasteiger partial charge in [0.15, 0.2) is 0 Å². The van der Waals surface area contributed by atoms with E-state index in [9.17, 15) is 0 Å². The Morgan fingerprint density at radius 2 is 2.00 bits per heavy atom. The standard InChI is InChI=1S/C15H14BrN3S2/c1-3-10-8-12-13(20-10)18-15(17-2)19-14(12)21-11-6-4-9(16)5-7-11/h4-8H,3H2,1-2H3,(H,17,18,19). The van der Waals surface area contributed by atoms with Gasteiger partial charge in [-0.1, -0.05) is 34.6 Å². The first kappa shape index (κ1) is 14.8. The zero-order valence-electron chi connectivity index (χ0n) is 11.7. The molecule has 0 saturated heterocycles. The Labute approximate surface area is 140 Å². The Morgan fingerprint density at radius 1 is 1.24 bits per heavy atom. The summed E-state index contributed by atoms with van der Waals surface area (Å²) in [6, 6.07) is 10.5. The van der Waals surface area contributed by atoms with E-state index in [4.69, 9.17) is 0 Å². The van der Waals surface area contributed by atoms with Crippen LogP contribution in [0.1, 0.15) is 11.8 Å². The maximum Gasteiger partial charge on any atom is 0.224 e. The Hall–Kier alpha value is -1.11. The second-order valence-electron chi connectivity index (χ2n) is 4.44. The van der Waals surface area contributed by atoms with Gasteiger partial charge in [-0.05, 0) is 36.8 Å². The second kappa shape index (κ2) is 6.34. The van der Waals surface area contributed by atoms with Crippen LogP contribution < -0.4 is 5.32 Å². The second-order valence-corrected chi connectivity index (χ2v) is 7.54. The van der Waals surface area contributed by atoms with Crippen molar-refractivity contribution in [2.24, 2.45) is 0 Å². The molecule has 108 valence electrons. The SMILES string of the molecule is CCc1cc2c(Sc3ccc(Br)cc3)nc(NC)nc2s1. The van der Waals surface area contributed by atoms with Gasteiger partial charge in [0.05, 0.1) is 0 Å². The van der Waals surface area contributed by atoms with E-state index in [1.165, 1.54) is 9.77 Å². The molecule has 2 aromatic heterocycles. The number of thiophene rings is 1. The number of nitrogens with one attached hydrogen (secondary N) is 1. The summed E-state index contributed by atoms with van der Waals surface area (Å²) in [5.41, 5.74) is 0.